The van der Waals surface area contributed by atoms with Crippen molar-refractivity contribution in [2.24, 2.45) is 0 Å². The number of ether oxygens (including phenoxy) is 1. The van der Waals surface area contributed by atoms with Gasteiger partial charge in [0.1, 0.15) is 12.6 Å². The second-order valence-electron chi connectivity index (χ2n) is 2.67. The van der Waals surface area contributed by atoms with Gasteiger partial charge < -0.3 is 9.64 Å². The molecule has 0 bridgehead atoms. The molecule has 1 rings (SSSR count). The Bertz CT molecular complexity index is 263. The average Bonchev–Trinajstić information content (AvgIpc) is 2.32. The van der Waals surface area contributed by atoms with Gasteiger partial charge in [-0.15, -0.1) is 0 Å². The zero-order valence-electron chi connectivity index (χ0n) is 7.36. The Hall–Kier alpha value is -1.59. The Morgan fingerprint density at radius 2 is 2.23 bits per heavy atom. The lowest BCUT2D eigenvalue weighted by Crippen LogP contribution is -2.37. The zero-order valence-corrected chi connectivity index (χ0v) is 7.36. The SMILES string of the molecule is COC(=O)CN1C(=O)NC(=O)C1C. The van der Waals surface area contributed by atoms with Crippen molar-refractivity contribution in [3.63, 3.8) is 0 Å². The molecule has 0 aromatic heterocycles. The largest absolute Gasteiger partial charge is 0.468 e. The third-order valence-corrected chi connectivity index (χ3v) is 1.87. The van der Waals surface area contributed by atoms with Gasteiger partial charge >= 0.3 is 12.0 Å². The fraction of sp³-hybridized carbons (Fsp3) is 0.571. The molecule has 0 aromatic rings. The first-order valence-corrected chi connectivity index (χ1v) is 3.74. The van der Waals surface area contributed by atoms with Crippen LogP contribution in [-0.4, -0.2) is 42.5 Å². The number of hydrogen-bond acceptors (Lipinski definition) is 4. The van der Waals surface area contributed by atoms with E-state index >= 15 is 0 Å². The molecule has 1 fully saturated rings. The third kappa shape index (κ3) is 1.77. The van der Waals surface area contributed by atoms with E-state index in [-0.39, 0.29) is 6.54 Å². The van der Waals surface area contributed by atoms with E-state index in [1.165, 1.54) is 7.11 Å². The van der Waals surface area contributed by atoms with E-state index in [0.29, 0.717) is 0 Å². The summed E-state index contributed by atoms with van der Waals surface area (Å²) in [6.07, 6.45) is 0. The molecule has 1 heterocycles. The zero-order chi connectivity index (χ0) is 10.0. The first-order valence-electron chi connectivity index (χ1n) is 3.74. The molecule has 1 aliphatic heterocycles. The van der Waals surface area contributed by atoms with Gasteiger partial charge in [0.05, 0.1) is 7.11 Å². The molecule has 0 aliphatic carbocycles. The number of rotatable bonds is 2. The van der Waals surface area contributed by atoms with Gasteiger partial charge in [-0.3, -0.25) is 14.9 Å². The van der Waals surface area contributed by atoms with E-state index in [2.05, 4.69) is 10.1 Å². The molecule has 72 valence electrons. The minimum Gasteiger partial charge on any atom is -0.468 e. The van der Waals surface area contributed by atoms with Crippen LogP contribution in [0.25, 0.3) is 0 Å². The Kier molecular flexibility index (Phi) is 2.50. The van der Waals surface area contributed by atoms with Gasteiger partial charge in [-0.1, -0.05) is 0 Å². The van der Waals surface area contributed by atoms with Crippen LogP contribution in [0.2, 0.25) is 0 Å². The number of urea groups is 1. The van der Waals surface area contributed by atoms with Gasteiger partial charge in [-0.2, -0.15) is 0 Å². The normalized spacial score (nSPS) is 21.7. The summed E-state index contributed by atoms with van der Waals surface area (Å²) in [6, 6.07) is -1.16. The fourth-order valence-corrected chi connectivity index (χ4v) is 1.01. The summed E-state index contributed by atoms with van der Waals surface area (Å²) < 4.78 is 4.37. The van der Waals surface area contributed by atoms with Crippen LogP contribution in [0.15, 0.2) is 0 Å². The van der Waals surface area contributed by atoms with Gasteiger partial charge in [0.2, 0.25) is 0 Å². The molecule has 0 saturated carbocycles. The van der Waals surface area contributed by atoms with Crippen molar-refractivity contribution in [1.82, 2.24) is 10.2 Å². The number of esters is 1. The van der Waals surface area contributed by atoms with Crippen LogP contribution in [0.5, 0.6) is 0 Å². The van der Waals surface area contributed by atoms with E-state index in [0.717, 1.165) is 4.90 Å². The second kappa shape index (κ2) is 3.42. The molecule has 1 atom stereocenters. The molecule has 1 unspecified atom stereocenters. The summed E-state index contributed by atoms with van der Waals surface area (Å²) in [4.78, 5) is 33.9. The summed E-state index contributed by atoms with van der Waals surface area (Å²) in [5.74, 6) is -0.939. The standard InChI is InChI=1S/C7H10N2O4/c1-4-6(11)8-7(12)9(4)3-5(10)13-2/h4H,3H2,1-2H3,(H,8,11,12). The highest BCUT2D eigenvalue weighted by molar-refractivity contribution is 6.04. The summed E-state index contributed by atoms with van der Waals surface area (Å²) >= 11 is 0. The third-order valence-electron chi connectivity index (χ3n) is 1.87. The van der Waals surface area contributed by atoms with E-state index in [1.54, 1.807) is 6.92 Å². The minimum absolute atomic E-state index is 0.199. The van der Waals surface area contributed by atoms with Crippen molar-refractivity contribution in [2.45, 2.75) is 13.0 Å². The maximum absolute atomic E-state index is 11.0. The van der Waals surface area contributed by atoms with Crippen LogP contribution >= 0.6 is 0 Å². The van der Waals surface area contributed by atoms with E-state index in [4.69, 9.17) is 0 Å². The summed E-state index contributed by atoms with van der Waals surface area (Å²) in [5.41, 5.74) is 0. The molecule has 3 amide bonds. The predicted octanol–water partition coefficient (Wildman–Crippen LogP) is -0.900. The molecule has 1 saturated heterocycles. The molecule has 0 radical (unpaired) electrons. The van der Waals surface area contributed by atoms with Crippen molar-refractivity contribution < 1.29 is 19.1 Å². The maximum Gasteiger partial charge on any atom is 0.325 e. The Balaban J connectivity index is 2.64. The molecule has 6 heteroatoms. The first-order chi connectivity index (χ1) is 6.06. The molecule has 1 N–H and O–H groups in total. The monoisotopic (exact) mass is 186 g/mol. The summed E-state index contributed by atoms with van der Waals surface area (Å²) in [7, 11) is 1.22. The van der Waals surface area contributed by atoms with Gasteiger partial charge in [0.15, 0.2) is 0 Å². The van der Waals surface area contributed by atoms with Crippen molar-refractivity contribution in [3.05, 3.63) is 0 Å². The maximum atomic E-state index is 11.0. The number of carbonyl (C=O) groups excluding carboxylic acids is 3. The first kappa shape index (κ1) is 9.50. The number of amides is 3. The molecule has 0 aromatic carbocycles. The Morgan fingerprint density at radius 1 is 1.62 bits per heavy atom. The highest BCUT2D eigenvalue weighted by atomic mass is 16.5. The minimum atomic E-state index is -0.605. The van der Waals surface area contributed by atoms with Crippen molar-refractivity contribution in [3.8, 4) is 0 Å². The number of hydrogen-bond donors (Lipinski definition) is 1. The summed E-state index contributed by atoms with van der Waals surface area (Å²) in [6.45, 7) is 1.35. The van der Waals surface area contributed by atoms with E-state index < -0.39 is 23.9 Å². The van der Waals surface area contributed by atoms with E-state index in [1.807, 2.05) is 0 Å². The molecule has 6 nitrogen and oxygen atoms in total. The van der Waals surface area contributed by atoms with Crippen LogP contribution in [0.3, 0.4) is 0 Å². The highest BCUT2D eigenvalue weighted by Gasteiger charge is 2.35. The number of imide groups is 1. The molecule has 0 spiro atoms. The topological polar surface area (TPSA) is 75.7 Å². The quantitative estimate of drug-likeness (QED) is 0.448. The van der Waals surface area contributed by atoms with Gasteiger partial charge in [0.25, 0.3) is 5.91 Å². The number of carbonyl (C=O) groups is 3. The van der Waals surface area contributed by atoms with Crippen LogP contribution in [0.4, 0.5) is 4.79 Å². The predicted molar refractivity (Wildman–Crippen MR) is 41.7 cm³/mol. The average molecular weight is 186 g/mol. The van der Waals surface area contributed by atoms with E-state index in [9.17, 15) is 14.4 Å². The molecule has 13 heavy (non-hydrogen) atoms. The lowest BCUT2D eigenvalue weighted by atomic mass is 10.3. The van der Waals surface area contributed by atoms with Gasteiger partial charge in [0, 0.05) is 0 Å². The lowest BCUT2D eigenvalue weighted by molar-refractivity contribution is -0.141. The fourth-order valence-electron chi connectivity index (χ4n) is 1.01. The van der Waals surface area contributed by atoms with Gasteiger partial charge in [-0.25, -0.2) is 4.79 Å². The highest BCUT2D eigenvalue weighted by Crippen LogP contribution is 2.06. The van der Waals surface area contributed by atoms with Crippen molar-refractivity contribution in [1.29, 1.82) is 0 Å². The lowest BCUT2D eigenvalue weighted by Gasteiger charge is -2.15. The van der Waals surface area contributed by atoms with Crippen molar-refractivity contribution >= 4 is 17.9 Å². The number of nitrogens with zero attached hydrogens (tertiary/aromatic N) is 1. The second-order valence-corrected chi connectivity index (χ2v) is 2.67. The summed E-state index contributed by atoms with van der Waals surface area (Å²) in [5, 5.41) is 2.09. The number of nitrogens with one attached hydrogen (secondary N) is 1. The molecular formula is C7H10N2O4. The number of methoxy groups -OCH3 is 1. The smallest absolute Gasteiger partial charge is 0.325 e. The van der Waals surface area contributed by atoms with Gasteiger partial charge in [-0.05, 0) is 6.92 Å². The van der Waals surface area contributed by atoms with Crippen LogP contribution < -0.4 is 5.32 Å². The molecular weight excluding hydrogens is 176 g/mol. The molecule has 1 aliphatic rings. The Morgan fingerprint density at radius 3 is 2.62 bits per heavy atom. The van der Waals surface area contributed by atoms with Crippen LogP contribution in [0.1, 0.15) is 6.92 Å². The van der Waals surface area contributed by atoms with Crippen LogP contribution in [-0.2, 0) is 14.3 Å². The van der Waals surface area contributed by atoms with Crippen molar-refractivity contribution in [2.75, 3.05) is 13.7 Å². The van der Waals surface area contributed by atoms with Crippen LogP contribution in [0, 0.1) is 0 Å². The Labute approximate surface area is 74.8 Å².